The van der Waals surface area contributed by atoms with Crippen molar-refractivity contribution in [3.05, 3.63) is 65.0 Å². The van der Waals surface area contributed by atoms with Crippen LogP contribution < -0.4 is 0 Å². The van der Waals surface area contributed by atoms with Crippen molar-refractivity contribution >= 4 is 0 Å². The molecule has 2 nitrogen and oxygen atoms in total. The van der Waals surface area contributed by atoms with Gasteiger partial charge in [0.2, 0.25) is 0 Å². The molecule has 1 aromatic heterocycles. The Morgan fingerprint density at radius 1 is 1.12 bits per heavy atom. The molecule has 0 amide bonds. The molecule has 0 fully saturated rings. The highest BCUT2D eigenvalue weighted by molar-refractivity contribution is 5.34. The summed E-state index contributed by atoms with van der Waals surface area (Å²) >= 11 is 0. The number of rotatable bonds is 2. The molecule has 0 spiro atoms. The van der Waals surface area contributed by atoms with Gasteiger partial charge in [0.25, 0.3) is 0 Å². The number of hydrogen-bond donors (Lipinski definition) is 0. The minimum absolute atomic E-state index is 0.700. The smallest absolute Gasteiger partial charge is 0.0991 e. The van der Waals surface area contributed by atoms with Crippen molar-refractivity contribution in [1.82, 2.24) is 4.98 Å². The van der Waals surface area contributed by atoms with Crippen molar-refractivity contribution < 1.29 is 0 Å². The molecule has 0 bridgehead atoms. The molecule has 2 heteroatoms. The van der Waals surface area contributed by atoms with Crippen LogP contribution in [0.15, 0.2) is 42.7 Å². The zero-order chi connectivity index (χ0) is 11.4. The normalized spacial score (nSPS) is 9.75. The molecule has 2 rings (SSSR count). The fraction of sp³-hybridized carbons (Fsp3) is 0.143. The van der Waals surface area contributed by atoms with Crippen LogP contribution in [-0.2, 0) is 6.42 Å². The highest BCUT2D eigenvalue weighted by Gasteiger charge is 1.97. The van der Waals surface area contributed by atoms with E-state index in [1.54, 1.807) is 0 Å². The van der Waals surface area contributed by atoms with Gasteiger partial charge >= 0.3 is 0 Å². The molecular formula is C14H12N2. The van der Waals surface area contributed by atoms with Gasteiger partial charge in [-0.3, -0.25) is 4.98 Å². The molecule has 0 unspecified atom stereocenters. The lowest BCUT2D eigenvalue weighted by Gasteiger charge is -2.02. The third-order valence-corrected chi connectivity index (χ3v) is 2.42. The Balaban J connectivity index is 2.18. The largest absolute Gasteiger partial charge is 0.264 e. The van der Waals surface area contributed by atoms with Crippen LogP contribution in [0, 0.1) is 18.3 Å². The van der Waals surface area contributed by atoms with Gasteiger partial charge < -0.3 is 0 Å². The first-order chi connectivity index (χ1) is 7.78. The molecule has 0 aliphatic heterocycles. The summed E-state index contributed by atoms with van der Waals surface area (Å²) in [6.45, 7) is 2.04. The first kappa shape index (κ1) is 10.4. The maximum atomic E-state index is 8.69. The molecule has 1 heterocycles. The third kappa shape index (κ3) is 2.46. The minimum atomic E-state index is 0.700. The van der Waals surface area contributed by atoms with Crippen LogP contribution >= 0.6 is 0 Å². The fourth-order valence-corrected chi connectivity index (χ4v) is 1.65. The lowest BCUT2D eigenvalue weighted by molar-refractivity contribution is 1.12. The van der Waals surface area contributed by atoms with E-state index in [-0.39, 0.29) is 0 Å². The van der Waals surface area contributed by atoms with E-state index in [1.165, 1.54) is 16.7 Å². The molecule has 0 saturated heterocycles. The van der Waals surface area contributed by atoms with E-state index in [2.05, 4.69) is 17.1 Å². The second-order valence-electron chi connectivity index (χ2n) is 3.86. The topological polar surface area (TPSA) is 36.7 Å². The predicted octanol–water partition coefficient (Wildman–Crippen LogP) is 2.85. The summed E-state index contributed by atoms with van der Waals surface area (Å²) in [6.07, 6.45) is 4.59. The predicted molar refractivity (Wildman–Crippen MR) is 62.9 cm³/mol. The lowest BCUT2D eigenvalue weighted by atomic mass is 10.0. The molecule has 78 valence electrons. The number of aromatic nitrogens is 1. The summed E-state index contributed by atoms with van der Waals surface area (Å²) in [7, 11) is 0. The molecule has 0 N–H and O–H groups in total. The maximum absolute atomic E-state index is 8.69. The van der Waals surface area contributed by atoms with E-state index in [9.17, 15) is 0 Å². The van der Waals surface area contributed by atoms with Gasteiger partial charge in [-0.1, -0.05) is 18.2 Å². The van der Waals surface area contributed by atoms with Crippen molar-refractivity contribution in [1.29, 1.82) is 5.26 Å². The van der Waals surface area contributed by atoms with Crippen LogP contribution in [0.5, 0.6) is 0 Å². The Morgan fingerprint density at radius 2 is 1.88 bits per heavy atom. The van der Waals surface area contributed by atoms with Crippen molar-refractivity contribution in [2.45, 2.75) is 13.3 Å². The molecule has 0 radical (unpaired) electrons. The van der Waals surface area contributed by atoms with Gasteiger partial charge in [-0.2, -0.15) is 5.26 Å². The van der Waals surface area contributed by atoms with Gasteiger partial charge in [0.1, 0.15) is 0 Å². The number of nitriles is 1. The van der Waals surface area contributed by atoms with E-state index in [1.807, 2.05) is 43.6 Å². The molecule has 16 heavy (non-hydrogen) atoms. The molecule has 2 aromatic rings. The highest BCUT2D eigenvalue weighted by atomic mass is 14.6. The van der Waals surface area contributed by atoms with E-state index in [0.717, 1.165) is 6.42 Å². The Bertz CT molecular complexity index is 521. The first-order valence-electron chi connectivity index (χ1n) is 5.17. The van der Waals surface area contributed by atoms with Crippen molar-refractivity contribution in [2.24, 2.45) is 0 Å². The van der Waals surface area contributed by atoms with Crippen LogP contribution in [0.4, 0.5) is 0 Å². The van der Waals surface area contributed by atoms with E-state index < -0.39 is 0 Å². The SMILES string of the molecule is Cc1cncc(Cc2ccc(C#N)cc2)c1. The Hall–Kier alpha value is -2.14. The standard InChI is InChI=1S/C14H12N2/c1-11-6-14(10-16-9-11)7-12-2-4-13(8-15)5-3-12/h2-6,9-10H,7H2,1H3. The molecular weight excluding hydrogens is 196 g/mol. The second-order valence-corrected chi connectivity index (χ2v) is 3.86. The second kappa shape index (κ2) is 4.59. The number of hydrogen-bond acceptors (Lipinski definition) is 2. The van der Waals surface area contributed by atoms with Crippen LogP contribution in [0.3, 0.4) is 0 Å². The van der Waals surface area contributed by atoms with Crippen LogP contribution in [-0.4, -0.2) is 4.98 Å². The van der Waals surface area contributed by atoms with Crippen LogP contribution in [0.2, 0.25) is 0 Å². The van der Waals surface area contributed by atoms with Crippen molar-refractivity contribution in [3.63, 3.8) is 0 Å². The summed E-state index contributed by atoms with van der Waals surface area (Å²) in [5.41, 5.74) is 4.27. The summed E-state index contributed by atoms with van der Waals surface area (Å²) in [5, 5.41) is 8.69. The number of nitrogens with zero attached hydrogens (tertiary/aromatic N) is 2. The Labute approximate surface area is 95.2 Å². The van der Waals surface area contributed by atoms with Gasteiger partial charge in [0.05, 0.1) is 11.6 Å². The number of aryl methyl sites for hydroxylation is 1. The zero-order valence-corrected chi connectivity index (χ0v) is 9.14. The van der Waals surface area contributed by atoms with Gasteiger partial charge in [-0.25, -0.2) is 0 Å². The monoisotopic (exact) mass is 208 g/mol. The van der Waals surface area contributed by atoms with E-state index >= 15 is 0 Å². The average Bonchev–Trinajstić information content (AvgIpc) is 2.30. The molecule has 0 atom stereocenters. The Kier molecular flexibility index (Phi) is 2.98. The third-order valence-electron chi connectivity index (χ3n) is 2.42. The lowest BCUT2D eigenvalue weighted by Crippen LogP contribution is -1.90. The average molecular weight is 208 g/mol. The summed E-state index contributed by atoms with van der Waals surface area (Å²) < 4.78 is 0. The van der Waals surface area contributed by atoms with Crippen LogP contribution in [0.1, 0.15) is 22.3 Å². The highest BCUT2D eigenvalue weighted by Crippen LogP contribution is 2.10. The summed E-state index contributed by atoms with van der Waals surface area (Å²) in [5.74, 6) is 0. The fourth-order valence-electron chi connectivity index (χ4n) is 1.65. The minimum Gasteiger partial charge on any atom is -0.264 e. The quantitative estimate of drug-likeness (QED) is 0.760. The van der Waals surface area contributed by atoms with Gasteiger partial charge in [-0.15, -0.1) is 0 Å². The summed E-state index contributed by atoms with van der Waals surface area (Å²) in [6, 6.07) is 11.9. The van der Waals surface area contributed by atoms with Crippen molar-refractivity contribution in [2.75, 3.05) is 0 Å². The maximum Gasteiger partial charge on any atom is 0.0991 e. The molecule has 0 aliphatic carbocycles. The molecule has 0 saturated carbocycles. The molecule has 0 aliphatic rings. The number of benzene rings is 1. The molecule has 1 aromatic carbocycles. The number of pyridine rings is 1. The van der Waals surface area contributed by atoms with Gasteiger partial charge in [-0.05, 0) is 42.2 Å². The Morgan fingerprint density at radius 3 is 2.50 bits per heavy atom. The van der Waals surface area contributed by atoms with E-state index in [4.69, 9.17) is 5.26 Å². The van der Waals surface area contributed by atoms with Crippen LogP contribution in [0.25, 0.3) is 0 Å². The first-order valence-corrected chi connectivity index (χ1v) is 5.17. The summed E-state index contributed by atoms with van der Waals surface area (Å²) in [4.78, 5) is 4.16. The van der Waals surface area contributed by atoms with E-state index in [0.29, 0.717) is 5.56 Å². The van der Waals surface area contributed by atoms with Crippen molar-refractivity contribution in [3.8, 4) is 6.07 Å². The van der Waals surface area contributed by atoms with Gasteiger partial charge in [0, 0.05) is 12.4 Å². The zero-order valence-electron chi connectivity index (χ0n) is 9.14. The van der Waals surface area contributed by atoms with Gasteiger partial charge in [0.15, 0.2) is 0 Å².